The van der Waals surface area contributed by atoms with Gasteiger partial charge >= 0.3 is 0 Å². The molecular formula is C11H14BrF. The van der Waals surface area contributed by atoms with E-state index in [-0.39, 0.29) is 5.82 Å². The van der Waals surface area contributed by atoms with Crippen molar-refractivity contribution in [2.75, 3.05) is 0 Å². The van der Waals surface area contributed by atoms with Gasteiger partial charge in [0.05, 0.1) is 0 Å². The van der Waals surface area contributed by atoms with Crippen molar-refractivity contribution in [2.24, 2.45) is 0 Å². The predicted molar refractivity (Wildman–Crippen MR) is 57.6 cm³/mol. The first kappa shape index (κ1) is 10.7. The molecule has 0 spiro atoms. The fourth-order valence-electron chi connectivity index (χ4n) is 1.29. The van der Waals surface area contributed by atoms with Crippen molar-refractivity contribution in [1.82, 2.24) is 0 Å². The number of benzene rings is 1. The van der Waals surface area contributed by atoms with Gasteiger partial charge in [0.25, 0.3) is 0 Å². The zero-order valence-electron chi connectivity index (χ0n) is 8.20. The van der Waals surface area contributed by atoms with E-state index < -0.39 is 0 Å². The molecule has 0 aliphatic rings. The van der Waals surface area contributed by atoms with Gasteiger partial charge in [-0.05, 0) is 30.0 Å². The summed E-state index contributed by atoms with van der Waals surface area (Å²) in [7, 11) is 0. The molecule has 0 atom stereocenters. The van der Waals surface area contributed by atoms with Gasteiger partial charge in [0.1, 0.15) is 5.82 Å². The molecule has 0 unspecified atom stereocenters. The zero-order chi connectivity index (χ0) is 10.0. The van der Waals surface area contributed by atoms with Crippen LogP contribution in [0.1, 0.15) is 37.8 Å². The summed E-state index contributed by atoms with van der Waals surface area (Å²) in [5.74, 6) is 0.275. The van der Waals surface area contributed by atoms with Crippen LogP contribution in [0, 0.1) is 5.82 Å². The zero-order valence-corrected chi connectivity index (χ0v) is 9.78. The average Bonchev–Trinajstić information content (AvgIpc) is 2.03. The van der Waals surface area contributed by atoms with Gasteiger partial charge in [-0.2, -0.15) is 0 Å². The van der Waals surface area contributed by atoms with E-state index in [0.717, 1.165) is 22.0 Å². The number of hydrogen-bond donors (Lipinski definition) is 0. The van der Waals surface area contributed by atoms with E-state index in [1.54, 1.807) is 6.07 Å². The van der Waals surface area contributed by atoms with Crippen molar-refractivity contribution < 1.29 is 4.39 Å². The quantitative estimate of drug-likeness (QED) is 0.729. The molecule has 2 heteroatoms. The van der Waals surface area contributed by atoms with Gasteiger partial charge in [0.15, 0.2) is 0 Å². The standard InChI is InChI=1S/C11H14BrF/c1-4-9-10(12)5-8(7(2)3)6-11(9)13/h5-7H,4H2,1-3H3. The van der Waals surface area contributed by atoms with E-state index in [9.17, 15) is 4.39 Å². The maximum atomic E-state index is 13.4. The lowest BCUT2D eigenvalue weighted by Gasteiger charge is -2.09. The van der Waals surface area contributed by atoms with Crippen LogP contribution in [0.15, 0.2) is 16.6 Å². The summed E-state index contributed by atoms with van der Waals surface area (Å²) in [6, 6.07) is 3.64. The summed E-state index contributed by atoms with van der Waals surface area (Å²) < 4.78 is 14.3. The largest absolute Gasteiger partial charge is 0.207 e. The normalized spacial score (nSPS) is 10.9. The predicted octanol–water partition coefficient (Wildman–Crippen LogP) is 4.27. The van der Waals surface area contributed by atoms with Gasteiger partial charge in [0.2, 0.25) is 0 Å². The molecule has 0 saturated heterocycles. The Morgan fingerprint density at radius 2 is 2.00 bits per heavy atom. The second-order valence-electron chi connectivity index (χ2n) is 3.47. The monoisotopic (exact) mass is 244 g/mol. The summed E-state index contributed by atoms with van der Waals surface area (Å²) in [6.07, 6.45) is 0.727. The highest BCUT2D eigenvalue weighted by Crippen LogP contribution is 2.26. The van der Waals surface area contributed by atoms with Gasteiger partial charge in [-0.3, -0.25) is 0 Å². The SMILES string of the molecule is CCc1c(F)cc(C(C)C)cc1Br. The van der Waals surface area contributed by atoms with Crippen molar-refractivity contribution in [1.29, 1.82) is 0 Å². The smallest absolute Gasteiger partial charge is 0.127 e. The summed E-state index contributed by atoms with van der Waals surface area (Å²) in [5, 5.41) is 0. The Kier molecular flexibility index (Phi) is 3.48. The van der Waals surface area contributed by atoms with Gasteiger partial charge < -0.3 is 0 Å². The van der Waals surface area contributed by atoms with E-state index >= 15 is 0 Å². The number of rotatable bonds is 2. The minimum Gasteiger partial charge on any atom is -0.207 e. The van der Waals surface area contributed by atoms with E-state index in [2.05, 4.69) is 29.8 Å². The lowest BCUT2D eigenvalue weighted by Crippen LogP contribution is -1.95. The third-order valence-corrected chi connectivity index (χ3v) is 2.89. The fourth-order valence-corrected chi connectivity index (χ4v) is 2.03. The lowest BCUT2D eigenvalue weighted by atomic mass is 10.0. The molecule has 0 fully saturated rings. The molecule has 0 heterocycles. The Balaban J connectivity index is 3.20. The molecule has 0 radical (unpaired) electrons. The Hall–Kier alpha value is -0.370. The van der Waals surface area contributed by atoms with E-state index in [1.165, 1.54) is 0 Å². The molecule has 1 aromatic rings. The molecule has 1 rings (SSSR count). The summed E-state index contributed by atoms with van der Waals surface area (Å²) in [6.45, 7) is 6.08. The van der Waals surface area contributed by atoms with Gasteiger partial charge in [-0.25, -0.2) is 4.39 Å². The third kappa shape index (κ3) is 2.31. The maximum Gasteiger partial charge on any atom is 0.127 e. The Morgan fingerprint density at radius 3 is 2.38 bits per heavy atom. The van der Waals surface area contributed by atoms with Crippen molar-refractivity contribution in [3.05, 3.63) is 33.5 Å². The molecule has 0 bridgehead atoms. The Morgan fingerprint density at radius 1 is 1.38 bits per heavy atom. The molecule has 1 aromatic carbocycles. The van der Waals surface area contributed by atoms with Crippen LogP contribution in [0.5, 0.6) is 0 Å². The fraction of sp³-hybridized carbons (Fsp3) is 0.455. The van der Waals surface area contributed by atoms with Gasteiger partial charge in [-0.1, -0.05) is 36.7 Å². The second-order valence-corrected chi connectivity index (χ2v) is 4.33. The summed E-state index contributed by atoms with van der Waals surface area (Å²) >= 11 is 3.39. The van der Waals surface area contributed by atoms with E-state index in [4.69, 9.17) is 0 Å². The number of halogens is 2. The van der Waals surface area contributed by atoms with Gasteiger partial charge in [-0.15, -0.1) is 0 Å². The minimum absolute atomic E-state index is 0.0967. The van der Waals surface area contributed by atoms with Crippen molar-refractivity contribution in [2.45, 2.75) is 33.1 Å². The van der Waals surface area contributed by atoms with Gasteiger partial charge in [0, 0.05) is 10.0 Å². The Bertz CT molecular complexity index is 282. The van der Waals surface area contributed by atoms with E-state index in [0.29, 0.717) is 5.92 Å². The van der Waals surface area contributed by atoms with Crippen LogP contribution in [-0.2, 0) is 6.42 Å². The molecule has 0 saturated carbocycles. The molecule has 0 aliphatic heterocycles. The van der Waals surface area contributed by atoms with Crippen LogP contribution >= 0.6 is 15.9 Å². The molecule has 0 aromatic heterocycles. The highest BCUT2D eigenvalue weighted by Gasteiger charge is 2.08. The first-order valence-electron chi connectivity index (χ1n) is 4.54. The topological polar surface area (TPSA) is 0 Å². The molecule has 72 valence electrons. The van der Waals surface area contributed by atoms with E-state index in [1.807, 2.05) is 13.0 Å². The highest BCUT2D eigenvalue weighted by atomic mass is 79.9. The van der Waals surface area contributed by atoms with Crippen LogP contribution < -0.4 is 0 Å². The van der Waals surface area contributed by atoms with Crippen LogP contribution in [0.3, 0.4) is 0 Å². The number of hydrogen-bond acceptors (Lipinski definition) is 0. The Labute approximate surface area is 87.3 Å². The molecule has 0 aliphatic carbocycles. The summed E-state index contributed by atoms with van der Waals surface area (Å²) in [5.41, 5.74) is 1.81. The molecule has 0 amide bonds. The minimum atomic E-state index is -0.0967. The lowest BCUT2D eigenvalue weighted by molar-refractivity contribution is 0.606. The molecule has 0 nitrogen and oxygen atoms in total. The van der Waals surface area contributed by atoms with Crippen molar-refractivity contribution >= 4 is 15.9 Å². The maximum absolute atomic E-state index is 13.4. The summed E-state index contributed by atoms with van der Waals surface area (Å²) in [4.78, 5) is 0. The molecular weight excluding hydrogens is 231 g/mol. The van der Waals surface area contributed by atoms with Crippen LogP contribution in [0.2, 0.25) is 0 Å². The van der Waals surface area contributed by atoms with Crippen molar-refractivity contribution in [3.63, 3.8) is 0 Å². The second kappa shape index (κ2) is 4.23. The average molecular weight is 245 g/mol. The molecule has 0 N–H and O–H groups in total. The highest BCUT2D eigenvalue weighted by molar-refractivity contribution is 9.10. The van der Waals surface area contributed by atoms with Crippen LogP contribution in [-0.4, -0.2) is 0 Å². The molecule has 13 heavy (non-hydrogen) atoms. The third-order valence-electron chi connectivity index (χ3n) is 2.18. The van der Waals surface area contributed by atoms with Crippen LogP contribution in [0.4, 0.5) is 4.39 Å². The van der Waals surface area contributed by atoms with Crippen molar-refractivity contribution in [3.8, 4) is 0 Å². The first-order chi connectivity index (χ1) is 6.06. The van der Waals surface area contributed by atoms with Crippen LogP contribution in [0.25, 0.3) is 0 Å². The first-order valence-corrected chi connectivity index (χ1v) is 5.33.